The number of nitrogens with zero attached hydrogens (tertiary/aromatic N) is 1. The van der Waals surface area contributed by atoms with Gasteiger partial charge in [0.2, 0.25) is 0 Å². The van der Waals surface area contributed by atoms with Gasteiger partial charge in [0, 0.05) is 12.6 Å². The molecule has 0 saturated carbocycles. The fraction of sp³-hybridized carbons (Fsp3) is 0.583. The number of carbonyl (C=O) groups is 1. The summed E-state index contributed by atoms with van der Waals surface area (Å²) in [4.78, 5) is 15.3. The molecule has 0 spiro atoms. The molecule has 1 aromatic heterocycles. The molecule has 98 valence electrons. The van der Waals surface area contributed by atoms with E-state index in [9.17, 15) is 4.79 Å². The van der Waals surface area contributed by atoms with Crippen LogP contribution in [-0.2, 0) is 0 Å². The Morgan fingerprint density at radius 2 is 2.22 bits per heavy atom. The third-order valence-electron chi connectivity index (χ3n) is 3.84. The molecule has 3 fully saturated rings. The lowest BCUT2D eigenvalue weighted by molar-refractivity contribution is 0.0622. The largest absolute Gasteiger partial charge is 0.347 e. The van der Waals surface area contributed by atoms with E-state index in [-0.39, 0.29) is 5.91 Å². The van der Waals surface area contributed by atoms with Crippen LogP contribution in [0.5, 0.6) is 0 Å². The first kappa shape index (κ1) is 12.9. The first-order chi connectivity index (χ1) is 8.63. The molecule has 2 bridgehead atoms. The van der Waals surface area contributed by atoms with E-state index in [0.717, 1.165) is 10.3 Å². The highest BCUT2D eigenvalue weighted by Gasteiger charge is 2.35. The molecule has 0 aliphatic carbocycles. The highest BCUT2D eigenvalue weighted by atomic mass is 79.9. The van der Waals surface area contributed by atoms with E-state index in [0.29, 0.717) is 21.9 Å². The monoisotopic (exact) mass is 348 g/mol. The number of hydrogen-bond acceptors (Lipinski definition) is 3. The fourth-order valence-electron chi connectivity index (χ4n) is 2.83. The average Bonchev–Trinajstić information content (AvgIpc) is 2.71. The Labute approximate surface area is 124 Å². The third kappa shape index (κ3) is 2.46. The van der Waals surface area contributed by atoms with Crippen molar-refractivity contribution >= 4 is 44.8 Å². The van der Waals surface area contributed by atoms with E-state index in [1.165, 1.54) is 37.3 Å². The van der Waals surface area contributed by atoms with Crippen LogP contribution in [0.2, 0.25) is 5.02 Å². The van der Waals surface area contributed by atoms with Crippen molar-refractivity contribution in [3.8, 4) is 0 Å². The minimum atomic E-state index is 0.00588. The van der Waals surface area contributed by atoms with Gasteiger partial charge in [0.15, 0.2) is 0 Å². The lowest BCUT2D eigenvalue weighted by atomic mass is 9.84. The molecule has 0 aromatic carbocycles. The van der Waals surface area contributed by atoms with Crippen molar-refractivity contribution in [3.05, 3.63) is 19.8 Å². The molecule has 1 aromatic rings. The van der Waals surface area contributed by atoms with Gasteiger partial charge in [-0.15, -0.1) is 11.3 Å². The molecule has 4 heterocycles. The number of piperidine rings is 3. The summed E-state index contributed by atoms with van der Waals surface area (Å²) in [5.74, 6) is 0.657. The molecule has 18 heavy (non-hydrogen) atoms. The smallest absolute Gasteiger partial charge is 0.261 e. The molecule has 6 heteroatoms. The molecule has 0 radical (unpaired) electrons. The van der Waals surface area contributed by atoms with Crippen LogP contribution >= 0.6 is 38.9 Å². The number of halogens is 2. The summed E-state index contributed by atoms with van der Waals surface area (Å²) in [5.41, 5.74) is 0. The number of amides is 1. The Morgan fingerprint density at radius 3 is 2.72 bits per heavy atom. The first-order valence-corrected chi connectivity index (χ1v) is 8.10. The van der Waals surface area contributed by atoms with Crippen molar-refractivity contribution in [1.82, 2.24) is 10.2 Å². The SMILES string of the molecule is O=C(NC1CN2CCC1CC2)c1cc(Cl)c(Br)s1. The second-order valence-corrected chi connectivity index (χ2v) is 7.73. The minimum absolute atomic E-state index is 0.00588. The summed E-state index contributed by atoms with van der Waals surface area (Å²) < 4.78 is 0.822. The maximum atomic E-state index is 12.2. The average molecular weight is 350 g/mol. The standard InChI is InChI=1S/C12H14BrClN2OS/c13-11-8(14)5-10(18-11)12(17)15-9-6-16-3-1-7(9)2-4-16/h5,7,9H,1-4,6H2,(H,15,17). The Hall–Kier alpha value is -0.100. The highest BCUT2D eigenvalue weighted by Crippen LogP contribution is 2.33. The molecule has 3 aliphatic heterocycles. The zero-order valence-corrected chi connectivity index (χ0v) is 12.9. The normalized spacial score (nSPS) is 30.4. The minimum Gasteiger partial charge on any atom is -0.347 e. The van der Waals surface area contributed by atoms with E-state index < -0.39 is 0 Å². The quantitative estimate of drug-likeness (QED) is 0.890. The summed E-state index contributed by atoms with van der Waals surface area (Å²) >= 11 is 10.7. The number of thiophene rings is 1. The van der Waals surface area contributed by atoms with Gasteiger partial charge in [-0.3, -0.25) is 4.79 Å². The number of rotatable bonds is 2. The van der Waals surface area contributed by atoms with Crippen molar-refractivity contribution < 1.29 is 4.79 Å². The second kappa shape index (κ2) is 5.12. The first-order valence-electron chi connectivity index (χ1n) is 6.11. The zero-order chi connectivity index (χ0) is 12.7. The van der Waals surface area contributed by atoms with E-state index in [1.807, 2.05) is 0 Å². The molecule has 3 saturated heterocycles. The summed E-state index contributed by atoms with van der Waals surface area (Å²) in [6, 6.07) is 2.03. The lowest BCUT2D eigenvalue weighted by Crippen LogP contribution is -2.57. The van der Waals surface area contributed by atoms with Gasteiger partial charge in [0.25, 0.3) is 5.91 Å². The molecule has 1 atom stereocenters. The van der Waals surface area contributed by atoms with Crippen LogP contribution in [0.4, 0.5) is 0 Å². The predicted octanol–water partition coefficient (Wildman–Crippen LogP) is 2.99. The summed E-state index contributed by atoms with van der Waals surface area (Å²) in [6.07, 6.45) is 2.42. The Bertz CT molecular complexity index is 451. The molecule has 1 unspecified atom stereocenters. The molecular formula is C12H14BrClN2OS. The Balaban J connectivity index is 1.67. The number of carbonyl (C=O) groups excluding carboxylic acids is 1. The van der Waals surface area contributed by atoms with Gasteiger partial charge in [0.1, 0.15) is 0 Å². The van der Waals surface area contributed by atoms with Gasteiger partial charge in [-0.1, -0.05) is 11.6 Å². The topological polar surface area (TPSA) is 32.3 Å². The molecule has 4 rings (SSSR count). The maximum absolute atomic E-state index is 12.2. The third-order valence-corrected chi connectivity index (χ3v) is 6.32. The van der Waals surface area contributed by atoms with E-state index >= 15 is 0 Å². The number of nitrogens with one attached hydrogen (secondary N) is 1. The van der Waals surface area contributed by atoms with Gasteiger partial charge in [-0.25, -0.2) is 0 Å². The lowest BCUT2D eigenvalue weighted by Gasteiger charge is -2.44. The molecule has 1 N–H and O–H groups in total. The second-order valence-electron chi connectivity index (χ2n) is 4.95. The van der Waals surface area contributed by atoms with Crippen LogP contribution in [0.1, 0.15) is 22.5 Å². The van der Waals surface area contributed by atoms with Crippen LogP contribution in [0, 0.1) is 5.92 Å². The van der Waals surface area contributed by atoms with Crippen molar-refractivity contribution in [1.29, 1.82) is 0 Å². The van der Waals surface area contributed by atoms with Crippen molar-refractivity contribution in [2.75, 3.05) is 19.6 Å². The van der Waals surface area contributed by atoms with Gasteiger partial charge >= 0.3 is 0 Å². The van der Waals surface area contributed by atoms with Gasteiger partial charge < -0.3 is 10.2 Å². The summed E-state index contributed by atoms with van der Waals surface area (Å²) in [7, 11) is 0. The fourth-order valence-corrected chi connectivity index (χ4v) is 4.43. The zero-order valence-electron chi connectivity index (χ0n) is 9.79. The van der Waals surface area contributed by atoms with Gasteiger partial charge in [0.05, 0.1) is 13.7 Å². The van der Waals surface area contributed by atoms with Crippen LogP contribution in [-0.4, -0.2) is 36.5 Å². The van der Waals surface area contributed by atoms with Gasteiger partial charge in [-0.2, -0.15) is 0 Å². The van der Waals surface area contributed by atoms with E-state index in [1.54, 1.807) is 6.07 Å². The molecule has 1 amide bonds. The highest BCUT2D eigenvalue weighted by molar-refractivity contribution is 9.11. The Morgan fingerprint density at radius 1 is 1.50 bits per heavy atom. The van der Waals surface area contributed by atoms with Crippen molar-refractivity contribution in [3.63, 3.8) is 0 Å². The van der Waals surface area contributed by atoms with E-state index in [2.05, 4.69) is 26.1 Å². The summed E-state index contributed by atoms with van der Waals surface area (Å²) in [5, 5.41) is 3.77. The van der Waals surface area contributed by atoms with E-state index in [4.69, 9.17) is 11.6 Å². The molecule has 3 aliphatic rings. The van der Waals surface area contributed by atoms with Crippen LogP contribution in [0.25, 0.3) is 0 Å². The van der Waals surface area contributed by atoms with Crippen LogP contribution < -0.4 is 5.32 Å². The van der Waals surface area contributed by atoms with Crippen molar-refractivity contribution in [2.24, 2.45) is 5.92 Å². The van der Waals surface area contributed by atoms with Gasteiger partial charge in [-0.05, 0) is 53.8 Å². The molecular weight excluding hydrogens is 336 g/mol. The number of hydrogen-bond donors (Lipinski definition) is 1. The van der Waals surface area contributed by atoms with Crippen molar-refractivity contribution in [2.45, 2.75) is 18.9 Å². The molecule has 3 nitrogen and oxygen atoms in total. The summed E-state index contributed by atoms with van der Waals surface area (Å²) in [6.45, 7) is 3.37. The van der Waals surface area contributed by atoms with Crippen LogP contribution in [0.15, 0.2) is 9.85 Å². The number of fused-ring (bicyclic) bond motifs is 3. The Kier molecular flexibility index (Phi) is 3.67. The predicted molar refractivity (Wildman–Crippen MR) is 77.4 cm³/mol. The van der Waals surface area contributed by atoms with Crippen LogP contribution in [0.3, 0.4) is 0 Å². The maximum Gasteiger partial charge on any atom is 0.261 e.